The van der Waals surface area contributed by atoms with E-state index in [1.807, 2.05) is 32.0 Å². The van der Waals surface area contributed by atoms with Gasteiger partial charge >= 0.3 is 11.8 Å². The molecular formula is C31H32F3N7O4. The quantitative estimate of drug-likeness (QED) is 0.263. The SMILES string of the molecule is COC(=O)N[C@@H]1CC[C@@H](n2c(=O)n(C)c3cnc4[nH]c(-c5cn(CC(F)F)nc5F)c(-c5ccc6c(c5)COC6(C)C)c4c32)C1. The molecule has 1 aliphatic heterocycles. The molecule has 1 saturated carbocycles. The number of alkyl halides is 2. The van der Waals surface area contributed by atoms with E-state index < -0.39 is 30.6 Å². The lowest BCUT2D eigenvalue weighted by atomic mass is 9.91. The molecule has 1 amide bonds. The number of hydrogen-bond acceptors (Lipinski definition) is 6. The maximum Gasteiger partial charge on any atom is 0.407 e. The fraction of sp³-hybridized carbons (Fsp3) is 0.419. The minimum atomic E-state index is -2.72. The molecule has 0 radical (unpaired) electrons. The number of alkyl carbamates (subject to hydrolysis) is 1. The van der Waals surface area contributed by atoms with Gasteiger partial charge in [-0.3, -0.25) is 13.8 Å². The van der Waals surface area contributed by atoms with Gasteiger partial charge in [0.15, 0.2) is 0 Å². The number of ether oxygens (including phenoxy) is 2. The lowest BCUT2D eigenvalue weighted by molar-refractivity contribution is -0.00789. The van der Waals surface area contributed by atoms with E-state index in [0.717, 1.165) is 15.8 Å². The van der Waals surface area contributed by atoms with E-state index in [4.69, 9.17) is 9.47 Å². The van der Waals surface area contributed by atoms with Crippen molar-refractivity contribution < 1.29 is 27.4 Å². The van der Waals surface area contributed by atoms with Crippen molar-refractivity contribution in [3.8, 4) is 22.4 Å². The molecule has 0 bridgehead atoms. The Morgan fingerprint density at radius 1 is 1.29 bits per heavy atom. The number of H-pyrrole nitrogens is 1. The number of carbonyl (C=O) groups is 1. The highest BCUT2D eigenvalue weighted by molar-refractivity contribution is 6.14. The number of imidazole rings is 1. The molecule has 1 aromatic carbocycles. The Balaban J connectivity index is 1.49. The van der Waals surface area contributed by atoms with Crippen molar-refractivity contribution in [1.82, 2.24) is 34.2 Å². The van der Waals surface area contributed by atoms with Crippen LogP contribution < -0.4 is 11.0 Å². The molecule has 0 unspecified atom stereocenters. The van der Waals surface area contributed by atoms with E-state index in [1.54, 1.807) is 17.8 Å². The molecule has 2 aliphatic rings. The normalized spacial score (nSPS) is 19.2. The molecule has 2 N–H and O–H groups in total. The molecule has 45 heavy (non-hydrogen) atoms. The number of rotatable bonds is 6. The molecule has 1 fully saturated rings. The number of benzene rings is 1. The Hall–Kier alpha value is -4.59. The van der Waals surface area contributed by atoms with Gasteiger partial charge in [-0.1, -0.05) is 12.1 Å². The maximum atomic E-state index is 15.4. The Morgan fingerprint density at radius 3 is 2.84 bits per heavy atom. The third-order valence-electron chi connectivity index (χ3n) is 9.09. The number of amides is 1. The van der Waals surface area contributed by atoms with Crippen LogP contribution in [0.5, 0.6) is 0 Å². The number of aromatic amines is 1. The topological polar surface area (TPSA) is 121 Å². The van der Waals surface area contributed by atoms with E-state index in [9.17, 15) is 18.4 Å². The van der Waals surface area contributed by atoms with Crippen LogP contribution in [0.1, 0.15) is 50.3 Å². The van der Waals surface area contributed by atoms with Gasteiger partial charge in [0, 0.05) is 30.9 Å². The fourth-order valence-electron chi connectivity index (χ4n) is 6.95. The average molecular weight is 624 g/mol. The van der Waals surface area contributed by atoms with Crippen LogP contribution >= 0.6 is 0 Å². The second-order valence-electron chi connectivity index (χ2n) is 12.2. The summed E-state index contributed by atoms with van der Waals surface area (Å²) in [5.74, 6) is -0.914. The molecule has 2 atom stereocenters. The summed E-state index contributed by atoms with van der Waals surface area (Å²) in [6.07, 6.45) is 1.38. The number of aryl methyl sites for hydroxylation is 1. The third kappa shape index (κ3) is 4.69. The van der Waals surface area contributed by atoms with E-state index in [2.05, 4.69) is 20.4 Å². The van der Waals surface area contributed by atoms with Gasteiger partial charge in [0.25, 0.3) is 6.43 Å². The van der Waals surface area contributed by atoms with Crippen molar-refractivity contribution in [3.63, 3.8) is 0 Å². The van der Waals surface area contributed by atoms with E-state index in [-0.39, 0.29) is 23.3 Å². The number of hydrogen-bond donors (Lipinski definition) is 2. The fourth-order valence-corrected chi connectivity index (χ4v) is 6.95. The van der Waals surface area contributed by atoms with Crippen molar-refractivity contribution in [2.45, 2.75) is 70.4 Å². The molecule has 1 aliphatic carbocycles. The Morgan fingerprint density at radius 2 is 2.09 bits per heavy atom. The highest BCUT2D eigenvalue weighted by Gasteiger charge is 2.34. The summed E-state index contributed by atoms with van der Waals surface area (Å²) in [7, 11) is 2.97. The molecule has 7 rings (SSSR count). The van der Waals surface area contributed by atoms with E-state index >= 15 is 4.39 Å². The van der Waals surface area contributed by atoms with Gasteiger partial charge in [0.1, 0.15) is 12.2 Å². The highest BCUT2D eigenvalue weighted by atomic mass is 19.3. The predicted molar refractivity (Wildman–Crippen MR) is 159 cm³/mol. The molecule has 0 saturated heterocycles. The first-order valence-electron chi connectivity index (χ1n) is 14.7. The third-order valence-corrected chi connectivity index (χ3v) is 9.09. The van der Waals surface area contributed by atoms with Crippen LogP contribution in [0, 0.1) is 5.95 Å². The number of halogens is 3. The van der Waals surface area contributed by atoms with Gasteiger partial charge in [0.05, 0.1) is 53.2 Å². The molecule has 5 heterocycles. The minimum absolute atomic E-state index is 0.00177. The van der Waals surface area contributed by atoms with Crippen LogP contribution in [-0.4, -0.2) is 54.6 Å². The van der Waals surface area contributed by atoms with Crippen LogP contribution in [0.3, 0.4) is 0 Å². The Bertz CT molecular complexity index is 2040. The first-order chi connectivity index (χ1) is 21.5. The lowest BCUT2D eigenvalue weighted by Crippen LogP contribution is -2.33. The van der Waals surface area contributed by atoms with Gasteiger partial charge < -0.3 is 19.8 Å². The predicted octanol–water partition coefficient (Wildman–Crippen LogP) is 5.37. The highest BCUT2D eigenvalue weighted by Crippen LogP contribution is 2.45. The molecule has 14 heteroatoms. The largest absolute Gasteiger partial charge is 0.453 e. The summed E-state index contributed by atoms with van der Waals surface area (Å²) < 4.78 is 56.8. The van der Waals surface area contributed by atoms with Gasteiger partial charge in [-0.2, -0.15) is 4.39 Å². The zero-order valence-corrected chi connectivity index (χ0v) is 25.2. The number of methoxy groups -OCH3 is 1. The monoisotopic (exact) mass is 623 g/mol. The van der Waals surface area contributed by atoms with Crippen LogP contribution in [0.2, 0.25) is 0 Å². The summed E-state index contributed by atoms with van der Waals surface area (Å²) >= 11 is 0. The second-order valence-corrected chi connectivity index (χ2v) is 12.2. The van der Waals surface area contributed by atoms with E-state index in [1.165, 1.54) is 17.9 Å². The van der Waals surface area contributed by atoms with Crippen molar-refractivity contribution in [2.75, 3.05) is 7.11 Å². The molecule has 5 aromatic rings. The van der Waals surface area contributed by atoms with Gasteiger partial charge in [0.2, 0.25) is 5.95 Å². The van der Waals surface area contributed by atoms with Crippen LogP contribution in [-0.2, 0) is 35.3 Å². The number of fused-ring (bicyclic) bond motifs is 4. The van der Waals surface area contributed by atoms with Crippen molar-refractivity contribution in [3.05, 3.63) is 58.2 Å². The summed E-state index contributed by atoms with van der Waals surface area (Å²) in [6.45, 7) is 3.60. The molecule has 236 valence electrons. The molecule has 0 spiro atoms. The van der Waals surface area contributed by atoms with Gasteiger partial charge in [-0.05, 0) is 55.9 Å². The first kappa shape index (κ1) is 29.1. The summed E-state index contributed by atoms with van der Waals surface area (Å²) in [4.78, 5) is 33.6. The number of carbonyl (C=O) groups excluding carboxylic acids is 1. The van der Waals surface area contributed by atoms with Gasteiger partial charge in [-0.15, -0.1) is 5.10 Å². The number of nitrogens with zero attached hydrogens (tertiary/aromatic N) is 5. The number of aromatic nitrogens is 6. The molecular weight excluding hydrogens is 591 g/mol. The average Bonchev–Trinajstić information content (AvgIpc) is 3.80. The van der Waals surface area contributed by atoms with Crippen LogP contribution in [0.25, 0.3) is 44.5 Å². The zero-order chi connectivity index (χ0) is 31.8. The summed E-state index contributed by atoms with van der Waals surface area (Å²) in [6, 6.07) is 5.44. The summed E-state index contributed by atoms with van der Waals surface area (Å²) in [5.41, 5.74) is 4.41. The Labute approximate surface area is 254 Å². The standard InChI is InChI=1S/C31H32F3N7O4/c1-31(2)20-8-5-15(9-16(20)14-45-31)23-24-26-21(39(3)30(43)41(26)18-7-6-17(10-18)36-29(42)44-4)11-35-28(24)37-25(23)19-12-40(13-22(32)33)38-27(19)34/h5,8-9,11-12,17-18,22H,6-7,10,13-14H2,1-4H3,(H,35,37)(H,36,42)/t17-,18-/m1/s1. The van der Waals surface area contributed by atoms with Crippen LogP contribution in [0.4, 0.5) is 18.0 Å². The van der Waals surface area contributed by atoms with Gasteiger partial charge in [-0.25, -0.2) is 23.4 Å². The van der Waals surface area contributed by atoms with Crippen molar-refractivity contribution in [1.29, 1.82) is 0 Å². The van der Waals surface area contributed by atoms with Crippen molar-refractivity contribution in [2.24, 2.45) is 7.05 Å². The number of pyridine rings is 1. The van der Waals surface area contributed by atoms with Crippen molar-refractivity contribution >= 4 is 28.2 Å². The Kier molecular flexibility index (Phi) is 6.80. The molecule has 11 nitrogen and oxygen atoms in total. The lowest BCUT2D eigenvalue weighted by Gasteiger charge is -2.18. The summed E-state index contributed by atoms with van der Waals surface area (Å²) in [5, 5.41) is 7.14. The maximum absolute atomic E-state index is 15.4. The molecule has 4 aromatic heterocycles. The zero-order valence-electron chi connectivity index (χ0n) is 25.2. The number of nitrogens with one attached hydrogen (secondary N) is 2. The smallest absolute Gasteiger partial charge is 0.407 e. The second kappa shape index (κ2) is 10.5. The first-order valence-corrected chi connectivity index (χ1v) is 14.7. The minimum Gasteiger partial charge on any atom is -0.453 e. The van der Waals surface area contributed by atoms with E-state index in [0.29, 0.717) is 64.8 Å². The van der Waals surface area contributed by atoms with Crippen LogP contribution in [0.15, 0.2) is 35.4 Å².